The molecule has 0 radical (unpaired) electrons. The lowest BCUT2D eigenvalue weighted by atomic mass is 9.82. The number of hydrogen-bond donors (Lipinski definition) is 1. The predicted molar refractivity (Wildman–Crippen MR) is 100 cm³/mol. The molecule has 2 N–H and O–H groups in total. The minimum Gasteiger partial charge on any atom is -0.466 e. The molecule has 0 aromatic heterocycles. The van der Waals surface area contributed by atoms with Crippen LogP contribution in [0.15, 0.2) is 46.3 Å². The maximum Gasteiger partial charge on any atom is 0.338 e. The van der Waals surface area contributed by atoms with Crippen LogP contribution in [0.3, 0.4) is 0 Å². The average Bonchev–Trinajstić information content (AvgIpc) is 2.95. The van der Waals surface area contributed by atoms with E-state index in [4.69, 9.17) is 26.8 Å². The highest BCUT2D eigenvalue weighted by atomic mass is 35.5. The van der Waals surface area contributed by atoms with Gasteiger partial charge in [0.15, 0.2) is 0 Å². The Labute approximate surface area is 165 Å². The zero-order valence-corrected chi connectivity index (χ0v) is 16.4. The van der Waals surface area contributed by atoms with Crippen molar-refractivity contribution in [3.8, 4) is 0 Å². The third kappa shape index (κ3) is 2.98. The molecule has 27 heavy (non-hydrogen) atoms. The van der Waals surface area contributed by atoms with Crippen LogP contribution in [-0.4, -0.2) is 42.2 Å². The molecule has 1 amide bonds. The van der Waals surface area contributed by atoms with Crippen LogP contribution in [0.25, 0.3) is 0 Å². The van der Waals surface area contributed by atoms with Crippen LogP contribution in [0.5, 0.6) is 0 Å². The first-order chi connectivity index (χ1) is 12.8. The molecule has 0 aliphatic carbocycles. The molecule has 1 fully saturated rings. The molecule has 0 saturated carbocycles. The third-order valence-electron chi connectivity index (χ3n) is 4.41. The van der Waals surface area contributed by atoms with Crippen LogP contribution in [-0.2, 0) is 23.9 Å². The summed E-state index contributed by atoms with van der Waals surface area (Å²) in [7, 11) is 2.43. The van der Waals surface area contributed by atoms with Gasteiger partial charge in [0.25, 0.3) is 0 Å². The lowest BCUT2D eigenvalue weighted by molar-refractivity contribution is -0.137. The standard InChI is InChI=1S/C18H17ClN2O5S/c1-8-15(22)21-14(20)12(17(23)25-2)11(9-6-4-5-7-10(9)19)13(16(21)27-8)18(24)26-3/h4-8,11H,20H2,1-3H3/t8-,11+/m0/s1. The second kappa shape index (κ2) is 7.28. The van der Waals surface area contributed by atoms with Crippen LogP contribution in [0, 0.1) is 0 Å². The Morgan fingerprint density at radius 2 is 1.74 bits per heavy atom. The number of nitrogens with zero attached hydrogens (tertiary/aromatic N) is 1. The van der Waals surface area contributed by atoms with Gasteiger partial charge in [-0.15, -0.1) is 0 Å². The van der Waals surface area contributed by atoms with Crippen molar-refractivity contribution in [2.45, 2.75) is 18.1 Å². The number of benzene rings is 1. The second-order valence-electron chi connectivity index (χ2n) is 5.89. The number of thioether (sulfide) groups is 1. The molecule has 1 saturated heterocycles. The van der Waals surface area contributed by atoms with Gasteiger partial charge in [-0.3, -0.25) is 9.69 Å². The molecule has 3 rings (SSSR count). The van der Waals surface area contributed by atoms with Gasteiger partial charge in [-0.05, 0) is 18.6 Å². The molecule has 2 aliphatic rings. The van der Waals surface area contributed by atoms with Gasteiger partial charge in [0.1, 0.15) is 5.82 Å². The van der Waals surface area contributed by atoms with Crippen molar-refractivity contribution in [1.29, 1.82) is 0 Å². The Bertz CT molecular complexity index is 911. The molecular weight excluding hydrogens is 392 g/mol. The average molecular weight is 409 g/mol. The van der Waals surface area contributed by atoms with Crippen LogP contribution >= 0.6 is 23.4 Å². The molecule has 0 spiro atoms. The largest absolute Gasteiger partial charge is 0.466 e. The Balaban J connectivity index is 2.36. The minimum absolute atomic E-state index is 0.0298. The van der Waals surface area contributed by atoms with E-state index in [0.717, 1.165) is 0 Å². The highest BCUT2D eigenvalue weighted by molar-refractivity contribution is 8.04. The summed E-state index contributed by atoms with van der Waals surface area (Å²) in [5.74, 6) is -2.75. The molecule has 1 aromatic rings. The number of hydrogen-bond acceptors (Lipinski definition) is 7. The zero-order valence-electron chi connectivity index (χ0n) is 14.8. The smallest absolute Gasteiger partial charge is 0.338 e. The highest BCUT2D eigenvalue weighted by Crippen LogP contribution is 2.50. The van der Waals surface area contributed by atoms with E-state index in [2.05, 4.69) is 0 Å². The molecule has 2 heterocycles. The summed E-state index contributed by atoms with van der Waals surface area (Å²) in [6, 6.07) is 6.79. The van der Waals surface area contributed by atoms with E-state index >= 15 is 0 Å². The van der Waals surface area contributed by atoms with Crippen molar-refractivity contribution < 1.29 is 23.9 Å². The van der Waals surface area contributed by atoms with Gasteiger partial charge in [-0.1, -0.05) is 41.6 Å². The van der Waals surface area contributed by atoms with Crippen molar-refractivity contribution in [2.24, 2.45) is 5.73 Å². The van der Waals surface area contributed by atoms with Gasteiger partial charge < -0.3 is 15.2 Å². The van der Waals surface area contributed by atoms with E-state index in [1.807, 2.05) is 0 Å². The molecule has 2 atom stereocenters. The Kier molecular flexibility index (Phi) is 5.21. The summed E-state index contributed by atoms with van der Waals surface area (Å²) < 4.78 is 9.83. The topological polar surface area (TPSA) is 98.9 Å². The van der Waals surface area contributed by atoms with Gasteiger partial charge in [-0.25, -0.2) is 9.59 Å². The molecular formula is C18H17ClN2O5S. The van der Waals surface area contributed by atoms with Crippen molar-refractivity contribution in [3.63, 3.8) is 0 Å². The Morgan fingerprint density at radius 3 is 2.33 bits per heavy atom. The normalized spacial score (nSPS) is 22.1. The minimum atomic E-state index is -0.921. The second-order valence-corrected chi connectivity index (χ2v) is 7.63. The molecule has 9 heteroatoms. The number of rotatable bonds is 3. The third-order valence-corrected chi connectivity index (χ3v) is 5.94. The summed E-state index contributed by atoms with van der Waals surface area (Å²) in [5.41, 5.74) is 6.80. The van der Waals surface area contributed by atoms with Gasteiger partial charge in [0.05, 0.1) is 41.6 Å². The Hall–Kier alpha value is -2.45. The summed E-state index contributed by atoms with van der Waals surface area (Å²) in [6.07, 6.45) is 0. The monoisotopic (exact) mass is 408 g/mol. The number of esters is 2. The van der Waals surface area contributed by atoms with E-state index in [1.165, 1.54) is 30.9 Å². The van der Waals surface area contributed by atoms with Crippen LogP contribution in [0.2, 0.25) is 5.02 Å². The van der Waals surface area contributed by atoms with Gasteiger partial charge in [-0.2, -0.15) is 0 Å². The first-order valence-electron chi connectivity index (χ1n) is 7.98. The van der Waals surface area contributed by atoms with Crippen molar-refractivity contribution in [3.05, 3.63) is 56.8 Å². The van der Waals surface area contributed by atoms with Gasteiger partial charge in [0, 0.05) is 5.02 Å². The number of carbonyl (C=O) groups excluding carboxylic acids is 3. The fourth-order valence-corrected chi connectivity index (χ4v) is 4.58. The molecule has 0 unspecified atom stereocenters. The van der Waals surface area contributed by atoms with Crippen LogP contribution < -0.4 is 5.73 Å². The molecule has 1 aromatic carbocycles. The lowest BCUT2D eigenvalue weighted by Crippen LogP contribution is -2.40. The van der Waals surface area contributed by atoms with Crippen molar-refractivity contribution >= 4 is 41.2 Å². The van der Waals surface area contributed by atoms with E-state index in [9.17, 15) is 14.4 Å². The van der Waals surface area contributed by atoms with E-state index in [1.54, 1.807) is 31.2 Å². The van der Waals surface area contributed by atoms with Crippen molar-refractivity contribution in [1.82, 2.24) is 4.90 Å². The number of nitrogens with two attached hydrogens (primary N) is 1. The van der Waals surface area contributed by atoms with Gasteiger partial charge in [0.2, 0.25) is 5.91 Å². The first-order valence-corrected chi connectivity index (χ1v) is 9.24. The molecule has 0 bridgehead atoms. The van der Waals surface area contributed by atoms with E-state index in [-0.39, 0.29) is 22.9 Å². The number of halogens is 1. The predicted octanol–water partition coefficient (Wildman–Crippen LogP) is 2.13. The SMILES string of the molecule is COC(=O)C1=C(N)N2C(=O)[C@H](C)SC2=C(C(=O)OC)[C@@H]1c1ccccc1Cl. The molecule has 2 aliphatic heterocycles. The summed E-state index contributed by atoms with van der Waals surface area (Å²) in [4.78, 5) is 39.1. The number of ether oxygens (including phenoxy) is 2. The number of methoxy groups -OCH3 is 2. The summed E-state index contributed by atoms with van der Waals surface area (Å²) >= 11 is 7.54. The Morgan fingerprint density at radius 1 is 1.15 bits per heavy atom. The van der Waals surface area contributed by atoms with Crippen molar-refractivity contribution in [2.75, 3.05) is 14.2 Å². The lowest BCUT2D eigenvalue weighted by Gasteiger charge is -2.33. The fourth-order valence-electron chi connectivity index (χ4n) is 3.17. The fraction of sp³-hybridized carbons (Fsp3) is 0.278. The summed E-state index contributed by atoms with van der Waals surface area (Å²) in [5, 5.41) is 0.214. The zero-order chi connectivity index (χ0) is 19.9. The number of amides is 1. The maximum atomic E-state index is 12.7. The summed E-state index contributed by atoms with van der Waals surface area (Å²) in [6.45, 7) is 1.70. The molecule has 7 nitrogen and oxygen atoms in total. The van der Waals surface area contributed by atoms with Gasteiger partial charge >= 0.3 is 11.9 Å². The molecule has 142 valence electrons. The number of fused-ring (bicyclic) bond motifs is 1. The maximum absolute atomic E-state index is 12.7. The quantitative estimate of drug-likeness (QED) is 0.765. The highest BCUT2D eigenvalue weighted by Gasteiger charge is 2.49. The van der Waals surface area contributed by atoms with Crippen LogP contribution in [0.1, 0.15) is 18.4 Å². The number of carbonyl (C=O) groups is 3. The van der Waals surface area contributed by atoms with E-state index in [0.29, 0.717) is 15.6 Å². The van der Waals surface area contributed by atoms with E-state index < -0.39 is 23.1 Å². The van der Waals surface area contributed by atoms with Crippen LogP contribution in [0.4, 0.5) is 0 Å². The first kappa shape index (κ1) is 19.3.